The van der Waals surface area contributed by atoms with Crippen LogP contribution in [0.25, 0.3) is 17.0 Å². The molecule has 3 heterocycles. The van der Waals surface area contributed by atoms with Crippen LogP contribution in [0.4, 0.5) is 13.2 Å². The molecule has 3 aromatic rings. The van der Waals surface area contributed by atoms with Crippen LogP contribution in [0.2, 0.25) is 5.02 Å². The van der Waals surface area contributed by atoms with Crippen molar-refractivity contribution in [1.82, 2.24) is 9.58 Å². The van der Waals surface area contributed by atoms with Gasteiger partial charge in [-0.2, -0.15) is 28.3 Å². The lowest BCUT2D eigenvalue weighted by molar-refractivity contribution is -0.114. The number of amides is 1. The van der Waals surface area contributed by atoms with E-state index in [1.54, 1.807) is 12.1 Å². The van der Waals surface area contributed by atoms with E-state index >= 15 is 0 Å². The molecule has 2 aromatic carbocycles. The second-order valence-corrected chi connectivity index (χ2v) is 8.67. The van der Waals surface area contributed by atoms with Crippen molar-refractivity contribution in [3.05, 3.63) is 76.5 Å². The number of fused-ring (bicyclic) bond motifs is 2. The van der Waals surface area contributed by atoms with Crippen LogP contribution in [0.1, 0.15) is 11.1 Å². The third-order valence-corrected chi connectivity index (χ3v) is 6.29. The summed E-state index contributed by atoms with van der Waals surface area (Å²) in [6, 6.07) is 14.9. The van der Waals surface area contributed by atoms with E-state index in [1.807, 2.05) is 47.2 Å². The number of carbonyl (C=O) groups excluding carboxylic acids is 1. The van der Waals surface area contributed by atoms with Gasteiger partial charge in [0.2, 0.25) is 10.2 Å². The minimum Gasteiger partial charge on any atom is -0.342 e. The normalized spacial score (nSPS) is 17.6. The highest BCUT2D eigenvalue weighted by molar-refractivity contribution is 8.27. The number of alkyl halides is 3. The van der Waals surface area contributed by atoms with E-state index in [9.17, 15) is 18.0 Å². The number of aromatic nitrogens is 1. The summed E-state index contributed by atoms with van der Waals surface area (Å²) in [7, 11) is 0. The number of hydrogen-bond donors (Lipinski definition) is 1. The Bertz CT molecular complexity index is 1410. The molecule has 2 aliphatic heterocycles. The third-order valence-electron chi connectivity index (χ3n) is 5.08. The minimum atomic E-state index is -4.69. The SMILES string of the molecule is N=C1/C(=C/c2cn(Cc3ccc(Cl)cc3)c3ccccc23)C(=O)N=C2SC(C(F)(F)F)=NN12. The van der Waals surface area contributed by atoms with Crippen LogP contribution >= 0.6 is 23.4 Å². The van der Waals surface area contributed by atoms with Crippen molar-refractivity contribution >= 4 is 62.3 Å². The van der Waals surface area contributed by atoms with E-state index in [0.717, 1.165) is 21.5 Å². The second-order valence-electron chi connectivity index (χ2n) is 7.28. The van der Waals surface area contributed by atoms with Gasteiger partial charge in [-0.15, -0.1) is 0 Å². The molecule has 11 heteroatoms. The first-order chi connectivity index (χ1) is 15.7. The van der Waals surface area contributed by atoms with E-state index < -0.39 is 23.0 Å². The predicted molar refractivity (Wildman–Crippen MR) is 124 cm³/mol. The number of para-hydroxylation sites is 1. The van der Waals surface area contributed by atoms with E-state index in [0.29, 0.717) is 17.1 Å². The highest BCUT2D eigenvalue weighted by Crippen LogP contribution is 2.35. The van der Waals surface area contributed by atoms with Gasteiger partial charge in [0.05, 0.1) is 5.57 Å². The molecular formula is C22H13ClF3N5OS. The Morgan fingerprint density at radius 2 is 1.85 bits per heavy atom. The van der Waals surface area contributed by atoms with Crippen LogP contribution in [-0.4, -0.2) is 37.7 Å². The zero-order valence-electron chi connectivity index (χ0n) is 16.6. The zero-order valence-corrected chi connectivity index (χ0v) is 18.2. The largest absolute Gasteiger partial charge is 0.441 e. The van der Waals surface area contributed by atoms with Crippen LogP contribution in [0.5, 0.6) is 0 Å². The van der Waals surface area contributed by atoms with Crippen LogP contribution in [0.15, 0.2) is 70.4 Å². The summed E-state index contributed by atoms with van der Waals surface area (Å²) < 4.78 is 41.1. The van der Waals surface area contributed by atoms with Crippen LogP contribution in [0.3, 0.4) is 0 Å². The average molecular weight is 488 g/mol. The van der Waals surface area contributed by atoms with E-state index in [2.05, 4.69) is 10.1 Å². The average Bonchev–Trinajstić information content (AvgIpc) is 3.35. The molecule has 1 N–H and O–H groups in total. The molecule has 0 radical (unpaired) electrons. The van der Waals surface area contributed by atoms with Crippen LogP contribution < -0.4 is 0 Å². The Balaban J connectivity index is 1.54. The number of rotatable bonds is 3. The topological polar surface area (TPSA) is 73.8 Å². The van der Waals surface area contributed by atoms with Gasteiger partial charge < -0.3 is 4.57 Å². The first-order valence-electron chi connectivity index (χ1n) is 9.60. The summed E-state index contributed by atoms with van der Waals surface area (Å²) in [5.41, 5.74) is 2.41. The monoisotopic (exact) mass is 487 g/mol. The summed E-state index contributed by atoms with van der Waals surface area (Å²) in [6.45, 7) is 0.538. The van der Waals surface area contributed by atoms with Crippen molar-refractivity contribution in [2.24, 2.45) is 10.1 Å². The number of thioether (sulfide) groups is 1. The molecule has 0 aliphatic carbocycles. The summed E-state index contributed by atoms with van der Waals surface area (Å²) in [5, 5.41) is 12.5. The van der Waals surface area contributed by atoms with Gasteiger partial charge >= 0.3 is 6.18 Å². The summed E-state index contributed by atoms with van der Waals surface area (Å²) in [4.78, 5) is 16.3. The lowest BCUT2D eigenvalue weighted by Crippen LogP contribution is -2.35. The van der Waals surface area contributed by atoms with E-state index in [-0.39, 0.29) is 22.5 Å². The Labute approximate surface area is 194 Å². The van der Waals surface area contributed by atoms with E-state index in [1.165, 1.54) is 6.08 Å². The molecule has 0 saturated heterocycles. The minimum absolute atomic E-state index is 0.138. The number of carbonyl (C=O) groups is 1. The van der Waals surface area contributed by atoms with Gasteiger partial charge in [0.15, 0.2) is 5.84 Å². The summed E-state index contributed by atoms with van der Waals surface area (Å²) in [5.74, 6) is -1.24. The Hall–Kier alpha value is -3.37. The molecule has 2 aliphatic rings. The Kier molecular flexibility index (Phi) is 5.13. The quantitative estimate of drug-likeness (QED) is 0.494. The van der Waals surface area contributed by atoms with Crippen molar-refractivity contribution < 1.29 is 18.0 Å². The molecule has 0 saturated carbocycles. The number of hydrazone groups is 1. The third kappa shape index (κ3) is 3.96. The standard InChI is InChI=1S/C22H13ClF3N5OS/c23-14-7-5-12(6-8-14)10-30-11-13(15-3-1-2-4-17(15)30)9-16-18(27)31-21(28-19(16)32)33-20(29-31)22(24,25)26/h1-9,11,27H,10H2/b16-9-,27-18?. The molecule has 1 amide bonds. The van der Waals surface area contributed by atoms with E-state index in [4.69, 9.17) is 17.0 Å². The maximum absolute atomic E-state index is 13.0. The maximum Gasteiger partial charge on any atom is 0.441 e. The molecule has 0 bridgehead atoms. The van der Waals surface area contributed by atoms with Gasteiger partial charge in [0.25, 0.3) is 5.91 Å². The number of benzene rings is 2. The molecule has 6 nitrogen and oxygen atoms in total. The highest BCUT2D eigenvalue weighted by atomic mass is 35.5. The van der Waals surface area contributed by atoms with Crippen molar-refractivity contribution in [2.75, 3.05) is 0 Å². The van der Waals surface area contributed by atoms with Crippen LogP contribution in [0, 0.1) is 5.41 Å². The van der Waals surface area contributed by atoms with Crippen LogP contribution in [-0.2, 0) is 11.3 Å². The number of nitrogens with zero attached hydrogens (tertiary/aromatic N) is 4. The van der Waals surface area contributed by atoms with Gasteiger partial charge in [0.1, 0.15) is 0 Å². The highest BCUT2D eigenvalue weighted by Gasteiger charge is 2.46. The first-order valence-corrected chi connectivity index (χ1v) is 10.8. The molecule has 166 valence electrons. The molecule has 1 aromatic heterocycles. The van der Waals surface area contributed by atoms with Gasteiger partial charge in [0, 0.05) is 34.2 Å². The lowest BCUT2D eigenvalue weighted by atomic mass is 10.1. The van der Waals surface area contributed by atoms with Crippen molar-refractivity contribution in [2.45, 2.75) is 12.7 Å². The number of amidine groups is 2. The molecule has 0 unspecified atom stereocenters. The number of aliphatic imine (C=N–C) groups is 1. The van der Waals surface area contributed by atoms with Crippen molar-refractivity contribution in [3.63, 3.8) is 0 Å². The number of halogens is 4. The lowest BCUT2D eigenvalue weighted by Gasteiger charge is -2.20. The molecule has 0 spiro atoms. The number of nitrogens with one attached hydrogen (secondary N) is 1. The number of hydrogen-bond acceptors (Lipinski definition) is 4. The molecule has 0 atom stereocenters. The van der Waals surface area contributed by atoms with Gasteiger partial charge in [-0.3, -0.25) is 10.2 Å². The first kappa shape index (κ1) is 21.5. The van der Waals surface area contributed by atoms with Gasteiger partial charge in [-0.1, -0.05) is 41.9 Å². The molecule has 0 fully saturated rings. The zero-order chi connectivity index (χ0) is 23.3. The van der Waals surface area contributed by atoms with Gasteiger partial charge in [-0.25, -0.2) is 0 Å². The molecular weight excluding hydrogens is 475 g/mol. The second kappa shape index (κ2) is 7.89. The van der Waals surface area contributed by atoms with Crippen molar-refractivity contribution in [3.8, 4) is 0 Å². The van der Waals surface area contributed by atoms with Gasteiger partial charge in [-0.05, 0) is 41.6 Å². The van der Waals surface area contributed by atoms with Crippen molar-refractivity contribution in [1.29, 1.82) is 5.41 Å². The summed E-state index contributed by atoms with van der Waals surface area (Å²) in [6.07, 6.45) is -1.39. The summed E-state index contributed by atoms with van der Waals surface area (Å²) >= 11 is 6.19. The fraction of sp³-hybridized carbons (Fsp3) is 0.0909. The maximum atomic E-state index is 13.0. The predicted octanol–water partition coefficient (Wildman–Crippen LogP) is 5.52. The smallest absolute Gasteiger partial charge is 0.342 e. The fourth-order valence-corrected chi connectivity index (χ4v) is 4.45. The Morgan fingerprint density at radius 1 is 1.12 bits per heavy atom. The fourth-order valence-electron chi connectivity index (χ4n) is 3.57. The molecule has 5 rings (SSSR count). The Morgan fingerprint density at radius 3 is 2.58 bits per heavy atom. The molecule has 33 heavy (non-hydrogen) atoms.